The molecule has 0 spiro atoms. The van der Waals surface area contributed by atoms with Crippen LogP contribution in [0, 0.1) is 0 Å². The van der Waals surface area contributed by atoms with E-state index < -0.39 is 20.1 Å². The number of amides is 1. The van der Waals surface area contributed by atoms with Gasteiger partial charge in [-0.05, 0) is 73.1 Å². The van der Waals surface area contributed by atoms with Crippen LogP contribution >= 0.6 is 8.03 Å². The maximum atomic E-state index is 11.1. The molecule has 2 N–H and O–H groups in total. The molecule has 0 bridgehead atoms. The number of carbonyl (C=O) groups excluding carboxylic acids is 1. The third kappa shape index (κ3) is 18.0. The Morgan fingerprint density at radius 1 is 0.857 bits per heavy atom. The highest BCUT2D eigenvalue weighted by Gasteiger charge is 2.03. The molecule has 0 saturated carbocycles. The number of hydrogen-bond acceptors (Lipinski definition) is 3. The van der Waals surface area contributed by atoms with E-state index >= 15 is 0 Å². The van der Waals surface area contributed by atoms with Crippen molar-refractivity contribution in [2.24, 2.45) is 0 Å². The minimum atomic E-state index is -2.79. The summed E-state index contributed by atoms with van der Waals surface area (Å²) >= 11 is 0. The SMILES string of the molecule is CC(C)=CCCC(C)=CCCC(C)=CCCC(C)=CCONC(=O)C[PH](=O)O. The molecule has 0 radical (unpaired) electrons. The van der Waals surface area contributed by atoms with Gasteiger partial charge in [0.2, 0.25) is 0 Å². The molecule has 0 aliphatic carbocycles. The Morgan fingerprint density at radius 2 is 1.32 bits per heavy atom. The molecule has 6 heteroatoms. The summed E-state index contributed by atoms with van der Waals surface area (Å²) in [4.78, 5) is 24.8. The number of hydroxylamine groups is 1. The first kappa shape index (κ1) is 26.6. The van der Waals surface area contributed by atoms with Crippen molar-refractivity contribution in [3.63, 3.8) is 0 Å². The van der Waals surface area contributed by atoms with E-state index in [1.54, 1.807) is 0 Å². The molecule has 0 aliphatic rings. The quantitative estimate of drug-likeness (QED) is 0.168. The van der Waals surface area contributed by atoms with Gasteiger partial charge in [-0.3, -0.25) is 14.2 Å². The van der Waals surface area contributed by atoms with Crippen LogP contribution < -0.4 is 5.48 Å². The number of nitrogens with one attached hydrogen (secondary N) is 1. The fourth-order valence-corrected chi connectivity index (χ4v) is 2.81. The van der Waals surface area contributed by atoms with Crippen LogP contribution in [0.4, 0.5) is 0 Å². The number of carbonyl (C=O) groups is 1. The average Bonchev–Trinajstić information content (AvgIpc) is 2.57. The van der Waals surface area contributed by atoms with Crippen molar-refractivity contribution in [3.8, 4) is 0 Å². The summed E-state index contributed by atoms with van der Waals surface area (Å²) in [5.74, 6) is -0.572. The van der Waals surface area contributed by atoms with Gasteiger partial charge in [0, 0.05) is 0 Å². The first-order valence-electron chi connectivity index (χ1n) is 9.93. The molecule has 1 amide bonds. The molecule has 0 aromatic carbocycles. The summed E-state index contributed by atoms with van der Waals surface area (Å²) in [6.07, 6.45) is 14.8. The Balaban J connectivity index is 3.98. The van der Waals surface area contributed by atoms with Gasteiger partial charge in [0.05, 0.1) is 6.61 Å². The molecule has 1 unspecified atom stereocenters. The standard InChI is InChI=1S/C22H38NO4P/c1-18(2)9-6-10-19(3)11-7-12-20(4)13-8-14-21(5)15-16-27-23-22(24)17-28(25)26/h9,11,13,15,28H,6-8,10,12,14,16-17H2,1-5H3,(H,23,24)(H,25,26). The van der Waals surface area contributed by atoms with Gasteiger partial charge in [-0.15, -0.1) is 0 Å². The van der Waals surface area contributed by atoms with Crippen LogP contribution in [0.2, 0.25) is 0 Å². The van der Waals surface area contributed by atoms with Crippen LogP contribution in [0.5, 0.6) is 0 Å². The zero-order chi connectivity index (χ0) is 21.4. The second kappa shape index (κ2) is 16.5. The van der Waals surface area contributed by atoms with E-state index in [1.807, 2.05) is 13.0 Å². The van der Waals surface area contributed by atoms with Gasteiger partial charge >= 0.3 is 0 Å². The van der Waals surface area contributed by atoms with E-state index in [-0.39, 0.29) is 6.61 Å². The normalized spacial score (nSPS) is 14.0. The van der Waals surface area contributed by atoms with Crippen LogP contribution in [0.1, 0.15) is 73.1 Å². The summed E-state index contributed by atoms with van der Waals surface area (Å²) in [7, 11) is -2.79. The van der Waals surface area contributed by atoms with E-state index in [9.17, 15) is 9.36 Å². The van der Waals surface area contributed by atoms with Crippen LogP contribution in [0.3, 0.4) is 0 Å². The Bertz CT molecular complexity index is 614. The lowest BCUT2D eigenvalue weighted by Gasteiger charge is -2.04. The zero-order valence-corrected chi connectivity index (χ0v) is 19.1. The summed E-state index contributed by atoms with van der Waals surface area (Å²) in [5.41, 5.74) is 7.59. The molecule has 0 fully saturated rings. The molecule has 1 atom stereocenters. The minimum Gasteiger partial charge on any atom is -0.346 e. The molecule has 0 aliphatic heterocycles. The minimum absolute atomic E-state index is 0.253. The molecule has 0 heterocycles. The smallest absolute Gasteiger partial charge is 0.252 e. The largest absolute Gasteiger partial charge is 0.346 e. The van der Waals surface area contributed by atoms with Crippen molar-refractivity contribution in [3.05, 3.63) is 46.6 Å². The van der Waals surface area contributed by atoms with Crippen LogP contribution in [-0.2, 0) is 14.2 Å². The number of hydrogen-bond donors (Lipinski definition) is 2. The first-order valence-corrected chi connectivity index (χ1v) is 11.5. The van der Waals surface area contributed by atoms with Gasteiger partial charge in [-0.25, -0.2) is 5.48 Å². The summed E-state index contributed by atoms with van der Waals surface area (Å²) in [6, 6.07) is 0. The van der Waals surface area contributed by atoms with E-state index in [0.717, 1.165) is 38.5 Å². The van der Waals surface area contributed by atoms with Gasteiger partial charge in [-0.1, -0.05) is 46.6 Å². The van der Waals surface area contributed by atoms with Crippen LogP contribution in [0.15, 0.2) is 46.6 Å². The Kier molecular flexibility index (Phi) is 15.7. The van der Waals surface area contributed by atoms with E-state index in [4.69, 9.17) is 9.73 Å². The molecule has 28 heavy (non-hydrogen) atoms. The third-order valence-electron chi connectivity index (χ3n) is 4.17. The van der Waals surface area contributed by atoms with Crippen LogP contribution in [-0.4, -0.2) is 23.6 Å². The molecule has 0 aromatic rings. The molecule has 160 valence electrons. The molecular formula is C22H38NO4P. The zero-order valence-electron chi connectivity index (χ0n) is 18.1. The van der Waals surface area contributed by atoms with E-state index in [1.165, 1.54) is 22.3 Å². The number of allylic oxidation sites excluding steroid dienone is 7. The lowest BCUT2D eigenvalue weighted by Crippen LogP contribution is -2.25. The highest BCUT2D eigenvalue weighted by atomic mass is 31.1. The maximum Gasteiger partial charge on any atom is 0.252 e. The maximum absolute atomic E-state index is 11.1. The monoisotopic (exact) mass is 411 g/mol. The topological polar surface area (TPSA) is 75.6 Å². The van der Waals surface area contributed by atoms with Gasteiger partial charge < -0.3 is 4.89 Å². The number of rotatable bonds is 14. The molecule has 5 nitrogen and oxygen atoms in total. The fourth-order valence-electron chi connectivity index (χ4n) is 2.47. The van der Waals surface area contributed by atoms with E-state index in [0.29, 0.717) is 0 Å². The lowest BCUT2D eigenvalue weighted by molar-refractivity contribution is -0.129. The molecular weight excluding hydrogens is 373 g/mol. The van der Waals surface area contributed by atoms with E-state index in [2.05, 4.69) is 51.4 Å². The van der Waals surface area contributed by atoms with Gasteiger partial charge in [-0.2, -0.15) is 0 Å². The second-order valence-corrected chi connectivity index (χ2v) is 8.60. The van der Waals surface area contributed by atoms with Crippen LogP contribution in [0.25, 0.3) is 0 Å². The molecule has 0 saturated heterocycles. The summed E-state index contributed by atoms with van der Waals surface area (Å²) < 4.78 is 10.5. The van der Waals surface area contributed by atoms with Crippen molar-refractivity contribution in [2.45, 2.75) is 73.1 Å². The van der Waals surface area contributed by atoms with Gasteiger partial charge in [0.15, 0.2) is 8.03 Å². The van der Waals surface area contributed by atoms with Crippen molar-refractivity contribution in [1.82, 2.24) is 5.48 Å². The van der Waals surface area contributed by atoms with Crippen molar-refractivity contribution in [1.29, 1.82) is 0 Å². The van der Waals surface area contributed by atoms with Gasteiger partial charge in [0.25, 0.3) is 5.91 Å². The van der Waals surface area contributed by atoms with Crippen molar-refractivity contribution >= 4 is 13.9 Å². The Hall–Kier alpha value is -1.42. The van der Waals surface area contributed by atoms with Crippen molar-refractivity contribution in [2.75, 3.05) is 12.8 Å². The predicted molar refractivity (Wildman–Crippen MR) is 119 cm³/mol. The first-order chi connectivity index (χ1) is 13.2. The highest BCUT2D eigenvalue weighted by Crippen LogP contribution is 2.13. The summed E-state index contributed by atoms with van der Waals surface area (Å²) in [6.45, 7) is 10.9. The highest BCUT2D eigenvalue weighted by molar-refractivity contribution is 7.39. The lowest BCUT2D eigenvalue weighted by atomic mass is 10.0. The average molecular weight is 412 g/mol. The second-order valence-electron chi connectivity index (χ2n) is 7.46. The Labute approximate surface area is 171 Å². The predicted octanol–water partition coefficient (Wildman–Crippen LogP) is 5.65. The summed E-state index contributed by atoms with van der Waals surface area (Å²) in [5, 5.41) is 0. The van der Waals surface area contributed by atoms with Crippen molar-refractivity contribution < 1.29 is 19.1 Å². The fraction of sp³-hybridized carbons (Fsp3) is 0.591. The molecule has 0 rings (SSSR count). The van der Waals surface area contributed by atoms with Gasteiger partial charge in [0.1, 0.15) is 6.16 Å². The Morgan fingerprint density at radius 3 is 1.79 bits per heavy atom. The third-order valence-corrected chi connectivity index (χ3v) is 4.79. The molecule has 0 aromatic heterocycles.